The lowest BCUT2D eigenvalue weighted by Crippen LogP contribution is -2.41. The number of carbonyl (C=O) groups is 1. The number of rotatable bonds is 6. The highest BCUT2D eigenvalue weighted by molar-refractivity contribution is 8.05. The molecule has 0 heterocycles. The quantitative estimate of drug-likeness (QED) is 0.523. The summed E-state index contributed by atoms with van der Waals surface area (Å²) in [6, 6.07) is 0. The van der Waals surface area contributed by atoms with E-state index in [0.29, 0.717) is 10.2 Å². The van der Waals surface area contributed by atoms with Crippen molar-refractivity contribution in [2.45, 2.75) is 5.51 Å². The molecule has 0 aliphatic heterocycles. The van der Waals surface area contributed by atoms with Gasteiger partial charge in [-0.05, 0) is 0 Å². The van der Waals surface area contributed by atoms with Crippen LogP contribution >= 0.6 is 0 Å². The second kappa shape index (κ2) is 5.67. The summed E-state index contributed by atoms with van der Waals surface area (Å²) in [7, 11) is -10.8. The van der Waals surface area contributed by atoms with Crippen LogP contribution in [0.25, 0.3) is 0 Å². The van der Waals surface area contributed by atoms with Crippen molar-refractivity contribution in [1.29, 1.82) is 0 Å². The molecule has 0 fully saturated rings. The minimum Gasteiger partial charge on any atom is -0.461 e. The Morgan fingerprint density at radius 1 is 1.28 bits per heavy atom. The van der Waals surface area contributed by atoms with E-state index in [1.807, 2.05) is 0 Å². The minimum atomic E-state index is -6.01. The molecule has 0 amide bonds. The SMILES string of the molecule is C=CC(=O)OCCS(=O)(=O)NS(=O)(=O)C(F)(F)F. The Morgan fingerprint density at radius 2 is 1.78 bits per heavy atom. The van der Waals surface area contributed by atoms with Gasteiger partial charge < -0.3 is 4.74 Å². The summed E-state index contributed by atoms with van der Waals surface area (Å²) in [6.45, 7) is 2.17. The minimum absolute atomic E-state index is 0.467. The molecule has 12 heteroatoms. The number of sulfonamides is 2. The molecular weight excluding hydrogens is 303 g/mol. The van der Waals surface area contributed by atoms with E-state index in [0.717, 1.165) is 0 Å². The molecule has 0 aromatic rings. The van der Waals surface area contributed by atoms with Crippen molar-refractivity contribution in [2.75, 3.05) is 12.4 Å². The summed E-state index contributed by atoms with van der Waals surface area (Å²) in [4.78, 5) is 10.5. The molecule has 0 bridgehead atoms. The highest BCUT2D eigenvalue weighted by Gasteiger charge is 2.48. The topological polar surface area (TPSA) is 107 Å². The summed E-state index contributed by atoms with van der Waals surface area (Å²) in [6.07, 6.45) is 0.701. The molecular formula is C6H8F3NO6S2. The first-order chi connectivity index (χ1) is 7.91. The molecule has 0 saturated heterocycles. The van der Waals surface area contributed by atoms with Gasteiger partial charge in [-0.3, -0.25) is 0 Å². The van der Waals surface area contributed by atoms with Crippen molar-refractivity contribution >= 4 is 26.0 Å². The zero-order chi connectivity index (χ0) is 14.6. The van der Waals surface area contributed by atoms with E-state index < -0.39 is 43.9 Å². The Bertz CT molecular complexity index is 520. The van der Waals surface area contributed by atoms with Crippen molar-refractivity contribution < 1.29 is 39.5 Å². The maximum Gasteiger partial charge on any atom is 0.512 e. The van der Waals surface area contributed by atoms with Crippen molar-refractivity contribution in [3.05, 3.63) is 12.7 Å². The summed E-state index contributed by atoms with van der Waals surface area (Å²) >= 11 is 0. The van der Waals surface area contributed by atoms with Gasteiger partial charge in [0, 0.05) is 6.08 Å². The van der Waals surface area contributed by atoms with Crippen LogP contribution in [0.1, 0.15) is 0 Å². The van der Waals surface area contributed by atoms with Gasteiger partial charge in [0.25, 0.3) is 0 Å². The summed E-state index contributed by atoms with van der Waals surface area (Å²) in [5.41, 5.74) is -5.75. The van der Waals surface area contributed by atoms with Crippen LogP contribution in [0.4, 0.5) is 13.2 Å². The molecule has 7 nitrogen and oxygen atoms in total. The zero-order valence-corrected chi connectivity index (χ0v) is 10.2. The van der Waals surface area contributed by atoms with Gasteiger partial charge in [-0.1, -0.05) is 6.58 Å². The number of ether oxygens (including phenoxy) is 1. The third kappa shape index (κ3) is 5.46. The highest BCUT2D eigenvalue weighted by Crippen LogP contribution is 2.22. The van der Waals surface area contributed by atoms with Crippen molar-refractivity contribution in [2.24, 2.45) is 0 Å². The van der Waals surface area contributed by atoms with Crippen molar-refractivity contribution in [1.82, 2.24) is 4.13 Å². The van der Waals surface area contributed by atoms with Crippen LogP contribution in [-0.2, 0) is 29.6 Å². The summed E-state index contributed by atoms with van der Waals surface area (Å²) in [5.74, 6) is -2.13. The molecule has 0 spiro atoms. The Balaban J connectivity index is 4.61. The molecule has 0 atom stereocenters. The molecule has 0 aromatic heterocycles. The third-order valence-corrected chi connectivity index (χ3v) is 4.51. The van der Waals surface area contributed by atoms with E-state index in [4.69, 9.17) is 0 Å². The molecule has 0 unspecified atom stereocenters. The number of hydrogen-bond acceptors (Lipinski definition) is 6. The van der Waals surface area contributed by atoms with Crippen LogP contribution in [0, 0.1) is 0 Å². The van der Waals surface area contributed by atoms with E-state index in [-0.39, 0.29) is 0 Å². The predicted octanol–water partition coefficient (Wildman–Crippen LogP) is -0.515. The van der Waals surface area contributed by atoms with E-state index in [2.05, 4.69) is 11.3 Å². The second-order valence-corrected chi connectivity index (χ2v) is 6.50. The van der Waals surface area contributed by atoms with E-state index in [9.17, 15) is 34.8 Å². The van der Waals surface area contributed by atoms with Crippen molar-refractivity contribution in [3.63, 3.8) is 0 Å². The molecule has 0 rings (SSSR count). The third-order valence-electron chi connectivity index (χ3n) is 1.30. The predicted molar refractivity (Wildman–Crippen MR) is 53.1 cm³/mol. The van der Waals surface area contributed by atoms with Crippen molar-refractivity contribution in [3.8, 4) is 0 Å². The maximum absolute atomic E-state index is 11.9. The Labute approximate surface area is 101 Å². The molecule has 0 radical (unpaired) electrons. The number of halogens is 3. The fourth-order valence-electron chi connectivity index (χ4n) is 0.567. The second-order valence-electron chi connectivity index (χ2n) is 2.72. The molecule has 0 aliphatic rings. The standard InChI is InChI=1S/C6H8F3NO6S2/c1-2-5(11)16-3-4-17(12,13)10-18(14,15)6(7,8)9/h2,10H,1,3-4H2. The van der Waals surface area contributed by atoms with Gasteiger partial charge >= 0.3 is 21.5 Å². The van der Waals surface area contributed by atoms with Crippen LogP contribution in [-0.4, -0.2) is 40.7 Å². The van der Waals surface area contributed by atoms with Gasteiger partial charge in [0.15, 0.2) is 0 Å². The van der Waals surface area contributed by atoms with Crippen LogP contribution in [0.2, 0.25) is 0 Å². The summed E-state index contributed by atoms with van der Waals surface area (Å²) < 4.78 is 83.1. The number of nitrogens with one attached hydrogen (secondary N) is 1. The number of esters is 1. The first-order valence-electron chi connectivity index (χ1n) is 4.03. The average molecular weight is 311 g/mol. The van der Waals surface area contributed by atoms with Gasteiger partial charge in [-0.25, -0.2) is 21.6 Å². The molecule has 0 aromatic carbocycles. The fourth-order valence-corrected chi connectivity index (χ4v) is 2.92. The number of alkyl halides is 3. The smallest absolute Gasteiger partial charge is 0.461 e. The summed E-state index contributed by atoms with van der Waals surface area (Å²) in [5, 5.41) is 0. The van der Waals surface area contributed by atoms with E-state index >= 15 is 0 Å². The van der Waals surface area contributed by atoms with Crippen LogP contribution in [0.5, 0.6) is 0 Å². The molecule has 0 saturated carbocycles. The number of hydrogen-bond donors (Lipinski definition) is 1. The maximum atomic E-state index is 11.9. The largest absolute Gasteiger partial charge is 0.512 e. The Hall–Kier alpha value is -1.14. The lowest BCUT2D eigenvalue weighted by molar-refractivity contribution is -0.137. The average Bonchev–Trinajstić information content (AvgIpc) is 2.13. The van der Waals surface area contributed by atoms with E-state index in [1.165, 1.54) is 0 Å². The van der Waals surface area contributed by atoms with Crippen LogP contribution < -0.4 is 4.13 Å². The van der Waals surface area contributed by atoms with E-state index in [1.54, 1.807) is 0 Å². The Morgan fingerprint density at radius 3 is 2.17 bits per heavy atom. The lowest BCUT2D eigenvalue weighted by Gasteiger charge is -2.09. The highest BCUT2D eigenvalue weighted by atomic mass is 32.3. The molecule has 0 aliphatic carbocycles. The molecule has 18 heavy (non-hydrogen) atoms. The van der Waals surface area contributed by atoms with Gasteiger partial charge in [0.05, 0.1) is 5.75 Å². The normalized spacial score (nSPS) is 13.1. The monoisotopic (exact) mass is 311 g/mol. The number of carbonyl (C=O) groups excluding carboxylic acids is 1. The van der Waals surface area contributed by atoms with Gasteiger partial charge in [-0.2, -0.15) is 13.2 Å². The molecule has 106 valence electrons. The fraction of sp³-hybridized carbons (Fsp3) is 0.500. The van der Waals surface area contributed by atoms with Gasteiger partial charge in [0.2, 0.25) is 10.0 Å². The zero-order valence-electron chi connectivity index (χ0n) is 8.60. The lowest BCUT2D eigenvalue weighted by atomic mass is 10.6. The molecule has 1 N–H and O–H groups in total. The van der Waals surface area contributed by atoms with Crippen LogP contribution in [0.15, 0.2) is 12.7 Å². The first kappa shape index (κ1) is 16.9. The van der Waals surface area contributed by atoms with Crippen LogP contribution in [0.3, 0.4) is 0 Å². The van der Waals surface area contributed by atoms with Gasteiger partial charge in [-0.15, -0.1) is 4.13 Å². The van der Waals surface area contributed by atoms with Gasteiger partial charge in [0.1, 0.15) is 6.61 Å². The Kier molecular flexibility index (Phi) is 5.31. The first-order valence-corrected chi connectivity index (χ1v) is 7.16.